The molecule has 1 saturated carbocycles. The van der Waals surface area contributed by atoms with Gasteiger partial charge in [-0.25, -0.2) is 4.79 Å². The molecule has 1 N–H and O–H groups in total. The summed E-state index contributed by atoms with van der Waals surface area (Å²) in [5.41, 5.74) is 0. The van der Waals surface area contributed by atoms with E-state index in [1.54, 1.807) is 12.1 Å². The first-order valence-corrected chi connectivity index (χ1v) is 8.07. The molecule has 0 aromatic carbocycles. The average Bonchev–Trinajstić information content (AvgIpc) is 3.21. The lowest BCUT2D eigenvalue weighted by molar-refractivity contribution is 0.0851. The highest BCUT2D eigenvalue weighted by Crippen LogP contribution is 2.18. The highest BCUT2D eigenvalue weighted by Gasteiger charge is 2.25. The minimum absolute atomic E-state index is 0.00569. The first kappa shape index (κ1) is 15.1. The lowest BCUT2D eigenvalue weighted by atomic mass is 10.2. The topological polar surface area (TPSA) is 65.8 Å². The summed E-state index contributed by atoms with van der Waals surface area (Å²) in [6.07, 6.45) is 6.15. The van der Waals surface area contributed by atoms with Crippen LogP contribution in [0.25, 0.3) is 0 Å². The van der Waals surface area contributed by atoms with Crippen LogP contribution in [0.4, 0.5) is 4.79 Å². The fourth-order valence-electron chi connectivity index (χ4n) is 3.16. The van der Waals surface area contributed by atoms with Crippen LogP contribution in [0, 0.1) is 0 Å². The van der Waals surface area contributed by atoms with Gasteiger partial charge >= 0.3 is 6.03 Å². The summed E-state index contributed by atoms with van der Waals surface area (Å²) in [4.78, 5) is 28.1. The molecule has 2 aliphatic rings. The molecular weight excluding hydrogens is 282 g/mol. The second-order valence-electron chi connectivity index (χ2n) is 6.09. The highest BCUT2D eigenvalue weighted by molar-refractivity contribution is 5.95. The van der Waals surface area contributed by atoms with Crippen molar-refractivity contribution in [3.63, 3.8) is 0 Å². The molecule has 1 aliphatic carbocycles. The normalized spacial score (nSPS) is 20.3. The molecule has 1 aliphatic heterocycles. The molecule has 3 rings (SSSR count). The van der Waals surface area contributed by atoms with Crippen molar-refractivity contribution in [2.45, 2.75) is 31.7 Å². The summed E-state index contributed by atoms with van der Waals surface area (Å²) < 4.78 is 5.12. The molecule has 0 unspecified atom stereocenters. The standard InChI is InChI=1S/C16H23N3O3/c20-14(15-6-3-11-22-15)12-18-7-9-19(10-8-18)16(21)17-13-4-1-2-5-13/h3,6,11,13H,1-2,4-5,7-10,12H2,(H,17,21). The third kappa shape index (κ3) is 3.68. The number of nitrogens with zero attached hydrogens (tertiary/aromatic N) is 2. The number of hydrogen-bond acceptors (Lipinski definition) is 4. The summed E-state index contributed by atoms with van der Waals surface area (Å²) in [5, 5.41) is 3.11. The Bertz CT molecular complexity index is 501. The number of furan rings is 1. The predicted molar refractivity (Wildman–Crippen MR) is 81.8 cm³/mol. The number of ketones is 1. The van der Waals surface area contributed by atoms with Crippen LogP contribution in [0.3, 0.4) is 0 Å². The van der Waals surface area contributed by atoms with Crippen LogP contribution >= 0.6 is 0 Å². The van der Waals surface area contributed by atoms with Crippen molar-refractivity contribution < 1.29 is 14.0 Å². The fraction of sp³-hybridized carbons (Fsp3) is 0.625. The maximum Gasteiger partial charge on any atom is 0.317 e. The molecule has 0 radical (unpaired) electrons. The number of carbonyl (C=O) groups excluding carboxylic acids is 2. The molecule has 120 valence electrons. The van der Waals surface area contributed by atoms with E-state index in [-0.39, 0.29) is 11.8 Å². The number of urea groups is 1. The molecule has 22 heavy (non-hydrogen) atoms. The largest absolute Gasteiger partial charge is 0.461 e. The van der Waals surface area contributed by atoms with Crippen LogP contribution in [0.5, 0.6) is 0 Å². The quantitative estimate of drug-likeness (QED) is 0.860. The van der Waals surface area contributed by atoms with E-state index in [4.69, 9.17) is 4.42 Å². The van der Waals surface area contributed by atoms with E-state index in [0.717, 1.165) is 25.9 Å². The van der Waals surface area contributed by atoms with E-state index < -0.39 is 0 Å². The molecule has 1 aromatic rings. The van der Waals surface area contributed by atoms with Crippen molar-refractivity contribution >= 4 is 11.8 Å². The van der Waals surface area contributed by atoms with Crippen molar-refractivity contribution in [1.29, 1.82) is 0 Å². The highest BCUT2D eigenvalue weighted by atomic mass is 16.3. The van der Waals surface area contributed by atoms with Gasteiger partial charge < -0.3 is 14.6 Å². The molecule has 1 saturated heterocycles. The molecule has 0 spiro atoms. The number of hydrogen-bond donors (Lipinski definition) is 1. The SMILES string of the molecule is O=C(CN1CCN(C(=O)NC2CCCC2)CC1)c1ccco1. The number of rotatable bonds is 4. The fourth-order valence-corrected chi connectivity index (χ4v) is 3.16. The summed E-state index contributed by atoms with van der Waals surface area (Å²) >= 11 is 0. The van der Waals surface area contributed by atoms with Gasteiger partial charge in [0, 0.05) is 32.2 Å². The number of piperazine rings is 1. The van der Waals surface area contributed by atoms with Crippen molar-refractivity contribution in [3.8, 4) is 0 Å². The van der Waals surface area contributed by atoms with E-state index >= 15 is 0 Å². The third-order valence-electron chi connectivity index (χ3n) is 4.51. The smallest absolute Gasteiger partial charge is 0.317 e. The maximum atomic E-state index is 12.2. The van der Waals surface area contributed by atoms with Crippen molar-refractivity contribution in [3.05, 3.63) is 24.2 Å². The van der Waals surface area contributed by atoms with Crippen molar-refractivity contribution in [2.24, 2.45) is 0 Å². The molecule has 1 aromatic heterocycles. The van der Waals surface area contributed by atoms with Crippen LogP contribution < -0.4 is 5.32 Å². The lowest BCUT2D eigenvalue weighted by Gasteiger charge is -2.34. The molecule has 2 fully saturated rings. The number of nitrogens with one attached hydrogen (secondary N) is 1. The van der Waals surface area contributed by atoms with E-state index in [1.165, 1.54) is 19.1 Å². The number of carbonyl (C=O) groups is 2. The Hall–Kier alpha value is -1.82. The first-order chi connectivity index (χ1) is 10.7. The zero-order valence-corrected chi connectivity index (χ0v) is 12.8. The Morgan fingerprint density at radius 2 is 1.91 bits per heavy atom. The average molecular weight is 305 g/mol. The van der Waals surface area contributed by atoms with Gasteiger partial charge in [-0.15, -0.1) is 0 Å². The van der Waals surface area contributed by atoms with Crippen molar-refractivity contribution in [2.75, 3.05) is 32.7 Å². The minimum atomic E-state index is -0.00569. The lowest BCUT2D eigenvalue weighted by Crippen LogP contribution is -2.53. The van der Waals surface area contributed by atoms with Gasteiger partial charge in [0.1, 0.15) is 0 Å². The van der Waals surface area contributed by atoms with Crippen LogP contribution in [0.2, 0.25) is 0 Å². The zero-order chi connectivity index (χ0) is 15.4. The second-order valence-corrected chi connectivity index (χ2v) is 6.09. The molecule has 6 heteroatoms. The van der Waals surface area contributed by atoms with Crippen molar-refractivity contribution in [1.82, 2.24) is 15.1 Å². The first-order valence-electron chi connectivity index (χ1n) is 8.07. The van der Waals surface area contributed by atoms with Gasteiger partial charge in [0.05, 0.1) is 12.8 Å². The molecular formula is C16H23N3O3. The Labute approximate surface area is 130 Å². The van der Waals surface area contributed by atoms with Gasteiger partial charge in [-0.2, -0.15) is 0 Å². The zero-order valence-electron chi connectivity index (χ0n) is 12.8. The van der Waals surface area contributed by atoms with Crippen LogP contribution in [-0.4, -0.2) is 60.4 Å². The molecule has 0 bridgehead atoms. The minimum Gasteiger partial charge on any atom is -0.461 e. The third-order valence-corrected chi connectivity index (χ3v) is 4.51. The number of Topliss-reactive ketones (excluding diaryl/α,β-unsaturated/α-hetero) is 1. The van der Waals surface area contributed by atoms with Gasteiger partial charge in [0.2, 0.25) is 5.78 Å². The van der Waals surface area contributed by atoms with E-state index in [0.29, 0.717) is 31.4 Å². The molecule has 2 amide bonds. The van der Waals surface area contributed by atoms with E-state index in [1.807, 2.05) is 4.90 Å². The van der Waals surface area contributed by atoms with Gasteiger partial charge in [0.15, 0.2) is 5.76 Å². The van der Waals surface area contributed by atoms with Gasteiger partial charge in [0.25, 0.3) is 0 Å². The van der Waals surface area contributed by atoms with E-state index in [2.05, 4.69) is 10.2 Å². The Morgan fingerprint density at radius 1 is 1.18 bits per heavy atom. The van der Waals surface area contributed by atoms with Crippen LogP contribution in [-0.2, 0) is 0 Å². The summed E-state index contributed by atoms with van der Waals surface area (Å²) in [7, 11) is 0. The summed E-state index contributed by atoms with van der Waals surface area (Å²) in [6, 6.07) is 3.81. The predicted octanol–water partition coefficient (Wildman–Crippen LogP) is 1.73. The Morgan fingerprint density at radius 3 is 2.55 bits per heavy atom. The van der Waals surface area contributed by atoms with E-state index in [9.17, 15) is 9.59 Å². The van der Waals surface area contributed by atoms with Gasteiger partial charge in [-0.3, -0.25) is 9.69 Å². The van der Waals surface area contributed by atoms with Gasteiger partial charge in [-0.05, 0) is 25.0 Å². The van der Waals surface area contributed by atoms with Crippen LogP contribution in [0.15, 0.2) is 22.8 Å². The molecule has 2 heterocycles. The molecule has 0 atom stereocenters. The second kappa shape index (κ2) is 6.96. The van der Waals surface area contributed by atoms with Gasteiger partial charge in [-0.1, -0.05) is 12.8 Å². The Balaban J connectivity index is 1.42. The summed E-state index contributed by atoms with van der Waals surface area (Å²) in [5.74, 6) is 0.398. The maximum absolute atomic E-state index is 12.2. The molecule has 6 nitrogen and oxygen atoms in total. The monoisotopic (exact) mass is 305 g/mol. The Kier molecular flexibility index (Phi) is 4.77. The summed E-state index contributed by atoms with van der Waals surface area (Å²) in [6.45, 7) is 3.15. The number of amides is 2. The van der Waals surface area contributed by atoms with Crippen LogP contribution in [0.1, 0.15) is 36.2 Å².